The maximum atomic E-state index is 12.8. The first kappa shape index (κ1) is 18.5. The second-order valence-electron chi connectivity index (χ2n) is 6.42. The van der Waals surface area contributed by atoms with Crippen molar-refractivity contribution in [1.82, 2.24) is 14.1 Å². The second kappa shape index (κ2) is 7.97. The molecule has 2 heterocycles. The topological polar surface area (TPSA) is 109 Å². The van der Waals surface area contributed by atoms with Crippen LogP contribution in [0.1, 0.15) is 32.3 Å². The molecule has 2 aromatic heterocycles. The number of nitrogens with zero attached hydrogens (tertiary/aromatic N) is 5. The molecule has 0 radical (unpaired) electrons. The van der Waals surface area contributed by atoms with Crippen LogP contribution in [0.25, 0.3) is 32.7 Å². The SMILES string of the molecule is CCCn1c(=O)c2[nH]c(-c3ccc(CN=[N+]=[N-])cc3)cc2n(CCC)c1=O. The standard InChI is InChI=1S/C19H22N6O2/c1-3-9-24-16-11-15(14-7-5-13(6-8-14)12-21-23-20)22-17(16)18(26)25(10-4-2)19(24)27/h5-8,11,22H,3-4,9-10,12H2,1-2H3. The smallest absolute Gasteiger partial charge is 0.331 e. The molecule has 27 heavy (non-hydrogen) atoms. The number of fused-ring (bicyclic) bond motifs is 1. The van der Waals surface area contributed by atoms with Crippen LogP contribution in [0.3, 0.4) is 0 Å². The Morgan fingerprint density at radius 3 is 2.37 bits per heavy atom. The van der Waals surface area contributed by atoms with Crippen molar-refractivity contribution in [2.75, 3.05) is 0 Å². The molecule has 8 heteroatoms. The minimum Gasteiger partial charge on any atom is -0.349 e. The summed E-state index contributed by atoms with van der Waals surface area (Å²) >= 11 is 0. The van der Waals surface area contributed by atoms with Gasteiger partial charge in [0.05, 0.1) is 12.1 Å². The van der Waals surface area contributed by atoms with Gasteiger partial charge in [-0.05, 0) is 35.6 Å². The molecule has 0 unspecified atom stereocenters. The Kier molecular flexibility index (Phi) is 5.47. The maximum Gasteiger partial charge on any atom is 0.331 e. The molecule has 0 fully saturated rings. The Balaban J connectivity index is 2.15. The van der Waals surface area contributed by atoms with Gasteiger partial charge in [-0.2, -0.15) is 0 Å². The van der Waals surface area contributed by atoms with E-state index in [0.717, 1.165) is 23.2 Å². The number of aromatic amines is 1. The van der Waals surface area contributed by atoms with Crippen LogP contribution in [0.2, 0.25) is 0 Å². The number of aryl methyl sites for hydroxylation is 1. The number of aromatic nitrogens is 3. The largest absolute Gasteiger partial charge is 0.349 e. The summed E-state index contributed by atoms with van der Waals surface area (Å²) in [4.78, 5) is 31.5. The third-order valence-corrected chi connectivity index (χ3v) is 4.48. The monoisotopic (exact) mass is 366 g/mol. The molecule has 0 saturated carbocycles. The minimum absolute atomic E-state index is 0.258. The first-order chi connectivity index (χ1) is 13.1. The zero-order chi connectivity index (χ0) is 19.4. The molecule has 1 N–H and O–H groups in total. The molecular formula is C19H22N6O2. The average Bonchev–Trinajstić information content (AvgIpc) is 3.13. The van der Waals surface area contributed by atoms with Gasteiger partial charge < -0.3 is 4.98 Å². The Morgan fingerprint density at radius 1 is 1.07 bits per heavy atom. The first-order valence-electron chi connectivity index (χ1n) is 9.07. The predicted octanol–water partition coefficient (Wildman–Crippen LogP) is 3.79. The minimum atomic E-state index is -0.282. The van der Waals surface area contributed by atoms with Crippen molar-refractivity contribution in [3.8, 4) is 11.3 Å². The van der Waals surface area contributed by atoms with E-state index < -0.39 is 0 Å². The van der Waals surface area contributed by atoms with E-state index in [4.69, 9.17) is 5.53 Å². The third-order valence-electron chi connectivity index (χ3n) is 4.48. The van der Waals surface area contributed by atoms with Crippen LogP contribution in [-0.4, -0.2) is 14.1 Å². The quantitative estimate of drug-likeness (QED) is 0.390. The molecule has 0 bridgehead atoms. The normalized spacial score (nSPS) is 10.9. The average molecular weight is 366 g/mol. The van der Waals surface area contributed by atoms with Crippen LogP contribution in [0, 0.1) is 0 Å². The van der Waals surface area contributed by atoms with E-state index in [1.807, 2.05) is 44.2 Å². The maximum absolute atomic E-state index is 12.8. The number of hydrogen-bond donors (Lipinski definition) is 1. The molecule has 3 rings (SSSR count). The summed E-state index contributed by atoms with van der Waals surface area (Å²) < 4.78 is 2.98. The van der Waals surface area contributed by atoms with Crippen LogP contribution >= 0.6 is 0 Å². The highest BCUT2D eigenvalue weighted by atomic mass is 16.2. The highest BCUT2D eigenvalue weighted by Gasteiger charge is 2.15. The molecule has 0 aliphatic carbocycles. The molecule has 0 saturated heterocycles. The summed E-state index contributed by atoms with van der Waals surface area (Å²) in [7, 11) is 0. The summed E-state index contributed by atoms with van der Waals surface area (Å²) in [6.07, 6.45) is 1.51. The van der Waals surface area contributed by atoms with Crippen molar-refractivity contribution in [2.24, 2.45) is 5.11 Å². The lowest BCUT2D eigenvalue weighted by atomic mass is 10.1. The van der Waals surface area contributed by atoms with Crippen LogP contribution in [-0.2, 0) is 19.6 Å². The van der Waals surface area contributed by atoms with E-state index in [9.17, 15) is 9.59 Å². The lowest BCUT2D eigenvalue weighted by Gasteiger charge is -2.10. The van der Waals surface area contributed by atoms with E-state index in [1.54, 1.807) is 4.57 Å². The van der Waals surface area contributed by atoms with Gasteiger partial charge in [0.25, 0.3) is 5.56 Å². The van der Waals surface area contributed by atoms with Crippen LogP contribution in [0.5, 0.6) is 0 Å². The lowest BCUT2D eigenvalue weighted by molar-refractivity contribution is 0.558. The Bertz CT molecular complexity index is 1110. The molecule has 8 nitrogen and oxygen atoms in total. The Morgan fingerprint density at radius 2 is 1.74 bits per heavy atom. The van der Waals surface area contributed by atoms with Gasteiger partial charge in [-0.1, -0.05) is 43.2 Å². The van der Waals surface area contributed by atoms with Crippen molar-refractivity contribution >= 4 is 11.0 Å². The fraction of sp³-hybridized carbons (Fsp3) is 0.368. The Labute approximate surface area is 155 Å². The predicted molar refractivity (Wildman–Crippen MR) is 106 cm³/mol. The number of rotatable bonds is 7. The van der Waals surface area contributed by atoms with Crippen LogP contribution in [0.15, 0.2) is 45.0 Å². The summed E-state index contributed by atoms with van der Waals surface area (Å²) in [6, 6.07) is 9.42. The van der Waals surface area contributed by atoms with Crippen molar-refractivity contribution in [3.63, 3.8) is 0 Å². The van der Waals surface area contributed by atoms with Crippen molar-refractivity contribution in [3.05, 3.63) is 67.2 Å². The van der Waals surface area contributed by atoms with Gasteiger partial charge in [0.2, 0.25) is 0 Å². The van der Waals surface area contributed by atoms with E-state index in [0.29, 0.717) is 37.1 Å². The number of H-pyrrole nitrogens is 1. The van der Waals surface area contributed by atoms with Gasteiger partial charge in [0.15, 0.2) is 0 Å². The molecule has 0 spiro atoms. The van der Waals surface area contributed by atoms with Gasteiger partial charge in [-0.25, -0.2) is 4.79 Å². The van der Waals surface area contributed by atoms with Gasteiger partial charge in [0.1, 0.15) is 5.52 Å². The highest BCUT2D eigenvalue weighted by Crippen LogP contribution is 2.23. The van der Waals surface area contributed by atoms with Crippen LogP contribution < -0.4 is 11.2 Å². The van der Waals surface area contributed by atoms with E-state index >= 15 is 0 Å². The summed E-state index contributed by atoms with van der Waals surface area (Å²) in [6.45, 7) is 5.20. The molecule has 0 amide bonds. The summed E-state index contributed by atoms with van der Waals surface area (Å²) in [5.41, 5.74) is 11.5. The molecule has 0 atom stereocenters. The first-order valence-corrected chi connectivity index (χ1v) is 9.07. The van der Waals surface area contributed by atoms with Crippen LogP contribution in [0.4, 0.5) is 0 Å². The fourth-order valence-corrected chi connectivity index (χ4v) is 3.21. The molecule has 0 aliphatic heterocycles. The van der Waals surface area contributed by atoms with Gasteiger partial charge in [0, 0.05) is 23.7 Å². The Hall–Kier alpha value is -3.25. The van der Waals surface area contributed by atoms with Gasteiger partial charge in [-0.3, -0.25) is 13.9 Å². The zero-order valence-corrected chi connectivity index (χ0v) is 15.5. The fourth-order valence-electron chi connectivity index (χ4n) is 3.21. The lowest BCUT2D eigenvalue weighted by Crippen LogP contribution is -2.39. The molecular weight excluding hydrogens is 344 g/mol. The number of hydrogen-bond acceptors (Lipinski definition) is 3. The zero-order valence-electron chi connectivity index (χ0n) is 15.5. The van der Waals surface area contributed by atoms with Crippen molar-refractivity contribution in [1.29, 1.82) is 0 Å². The molecule has 1 aromatic carbocycles. The highest BCUT2D eigenvalue weighted by molar-refractivity contribution is 5.82. The molecule has 3 aromatic rings. The second-order valence-corrected chi connectivity index (χ2v) is 6.42. The van der Waals surface area contributed by atoms with Gasteiger partial charge in [-0.15, -0.1) is 0 Å². The van der Waals surface area contributed by atoms with E-state index in [-0.39, 0.29) is 11.2 Å². The van der Waals surface area contributed by atoms with E-state index in [2.05, 4.69) is 15.0 Å². The molecule has 140 valence electrons. The number of benzene rings is 1. The number of nitrogens with one attached hydrogen (secondary N) is 1. The van der Waals surface area contributed by atoms with E-state index in [1.165, 1.54) is 4.57 Å². The molecule has 0 aliphatic rings. The third kappa shape index (κ3) is 3.52. The van der Waals surface area contributed by atoms with Crippen molar-refractivity contribution < 1.29 is 0 Å². The van der Waals surface area contributed by atoms with Gasteiger partial charge >= 0.3 is 5.69 Å². The summed E-state index contributed by atoms with van der Waals surface area (Å²) in [5, 5.41) is 3.55. The summed E-state index contributed by atoms with van der Waals surface area (Å²) in [5.74, 6) is 0. The number of azide groups is 1. The van der Waals surface area contributed by atoms with Crippen molar-refractivity contribution in [2.45, 2.75) is 46.3 Å².